The average Bonchev–Trinajstić information content (AvgIpc) is 3.90. The molecule has 80 heavy (non-hydrogen) atoms. The zero-order chi connectivity index (χ0) is 57.7. The first kappa shape index (κ1) is 62.0. The van der Waals surface area contributed by atoms with E-state index in [1.165, 1.54) is 43.5 Å². The average molecular weight is 1110 g/mol. The molecule has 1 amide bonds. The summed E-state index contributed by atoms with van der Waals surface area (Å²) in [6.07, 6.45) is 14.7. The Morgan fingerprint density at radius 2 is 1.30 bits per heavy atom. The Hall–Kier alpha value is -5.64. The SMILES string of the molecule is CCOC(=O)N[C@@H]1CC[C@@H]2[C@@H](C1)C[C@H]1C(=O)O[C@H](C)[C@H]1[C@H]2C(=O)O.CCOP(=O)(Cc1ccc(-c2cccc(F)c2)cn1)OCC.C[C@@H]1CC[C@@H]2[C@@H](C1)C[C@H]1C(=O)O[C@H](C)[C@H]1[C@H]2/C=C/c1ccc(-c2cccc(F)c2)cn1.[B][B][B]. The van der Waals surface area contributed by atoms with Crippen molar-refractivity contribution in [2.75, 3.05) is 19.8 Å². The van der Waals surface area contributed by atoms with Gasteiger partial charge in [-0.2, -0.15) is 0 Å². The van der Waals surface area contributed by atoms with E-state index in [0.717, 1.165) is 60.2 Å². The summed E-state index contributed by atoms with van der Waals surface area (Å²) in [5.74, 6) is 0.0645. The molecule has 4 aromatic rings. The van der Waals surface area contributed by atoms with Gasteiger partial charge in [-0.1, -0.05) is 55.8 Å². The number of cyclic esters (lactones) is 2. The molecule has 2 saturated heterocycles. The number of hydrogen-bond acceptors (Lipinski definition) is 12. The molecule has 4 heterocycles. The zero-order valence-electron chi connectivity index (χ0n) is 46.7. The number of esters is 2. The van der Waals surface area contributed by atoms with Gasteiger partial charge in [-0.3, -0.25) is 28.9 Å². The van der Waals surface area contributed by atoms with Crippen LogP contribution in [0.2, 0.25) is 0 Å². The molecular formula is C60H74B3F2N3O11P. The Kier molecular flexibility index (Phi) is 22.4. The molecule has 4 saturated carbocycles. The van der Waals surface area contributed by atoms with Gasteiger partial charge < -0.3 is 33.7 Å². The highest BCUT2D eigenvalue weighted by molar-refractivity contribution is 7.53. The molecule has 5 radical (unpaired) electrons. The van der Waals surface area contributed by atoms with Crippen LogP contribution in [0.25, 0.3) is 28.3 Å². The molecule has 0 unspecified atom stereocenters. The number of halogens is 2. The number of hydrogen-bond donors (Lipinski definition) is 2. The number of allylic oxidation sites excluding steroid dienone is 1. The highest BCUT2D eigenvalue weighted by atomic mass is 31.2. The minimum Gasteiger partial charge on any atom is -0.481 e. The van der Waals surface area contributed by atoms with Gasteiger partial charge in [0, 0.05) is 63.9 Å². The quantitative estimate of drug-likeness (QED) is 0.0557. The number of aliphatic carboxylic acids is 1. The van der Waals surface area contributed by atoms with Crippen LogP contribution in [0, 0.1) is 76.7 Å². The zero-order valence-corrected chi connectivity index (χ0v) is 47.6. The summed E-state index contributed by atoms with van der Waals surface area (Å²) in [6.45, 7) is 12.4. The number of carbonyl (C=O) groups is 4. The molecular weight excluding hydrogens is 1040 g/mol. The number of aromatic nitrogens is 2. The van der Waals surface area contributed by atoms with Gasteiger partial charge in [-0.05, 0) is 169 Å². The third-order valence-corrected chi connectivity index (χ3v) is 18.8. The molecule has 423 valence electrons. The minimum atomic E-state index is -3.16. The fourth-order valence-electron chi connectivity index (χ4n) is 13.6. The number of rotatable bonds is 13. The Bertz CT molecular complexity index is 2790. The molecule has 2 aliphatic heterocycles. The van der Waals surface area contributed by atoms with Crippen LogP contribution < -0.4 is 5.32 Å². The van der Waals surface area contributed by atoms with E-state index >= 15 is 0 Å². The van der Waals surface area contributed by atoms with Crippen LogP contribution in [0.1, 0.15) is 104 Å². The molecule has 2 N–H and O–H groups in total. The normalized spacial score (nSPS) is 29.1. The van der Waals surface area contributed by atoms with Crippen LogP contribution >= 0.6 is 7.60 Å². The topological polar surface area (TPSA) is 190 Å². The van der Waals surface area contributed by atoms with Crippen molar-refractivity contribution in [1.29, 1.82) is 0 Å². The maximum absolute atomic E-state index is 13.5. The highest BCUT2D eigenvalue weighted by Gasteiger charge is 2.58. The van der Waals surface area contributed by atoms with Gasteiger partial charge in [0.05, 0.1) is 55.1 Å². The van der Waals surface area contributed by atoms with Gasteiger partial charge in [0.2, 0.25) is 0 Å². The lowest BCUT2D eigenvalue weighted by molar-refractivity contribution is -0.153. The Morgan fingerprint density at radius 3 is 1.84 bits per heavy atom. The van der Waals surface area contributed by atoms with Gasteiger partial charge in [-0.15, -0.1) is 0 Å². The van der Waals surface area contributed by atoms with Crippen LogP contribution in [0.15, 0.2) is 91.3 Å². The van der Waals surface area contributed by atoms with Crippen LogP contribution in [0.3, 0.4) is 0 Å². The van der Waals surface area contributed by atoms with Crippen molar-refractivity contribution in [3.63, 3.8) is 0 Å². The fraction of sp³-hybridized carbons (Fsp3) is 0.533. The number of fused-ring (bicyclic) bond motifs is 4. The number of amides is 1. The highest BCUT2D eigenvalue weighted by Crippen LogP contribution is 2.56. The van der Waals surface area contributed by atoms with E-state index in [-0.39, 0.29) is 83.5 Å². The van der Waals surface area contributed by atoms with Crippen LogP contribution in [-0.2, 0) is 48.4 Å². The van der Waals surface area contributed by atoms with Gasteiger partial charge in [-0.25, -0.2) is 13.6 Å². The lowest BCUT2D eigenvalue weighted by Crippen LogP contribution is -2.51. The minimum absolute atomic E-state index is 0.00477. The van der Waals surface area contributed by atoms with Crippen LogP contribution in [-0.4, -0.2) is 99.7 Å². The molecule has 0 bridgehead atoms. The molecule has 0 spiro atoms. The lowest BCUT2D eigenvalue weighted by atomic mass is 9.40. The van der Waals surface area contributed by atoms with Gasteiger partial charge in [0.15, 0.2) is 0 Å². The molecule has 20 heteroatoms. The maximum atomic E-state index is 13.5. The smallest absolute Gasteiger partial charge is 0.407 e. The Balaban J connectivity index is 0.000000172. The first-order valence-corrected chi connectivity index (χ1v) is 29.9. The largest absolute Gasteiger partial charge is 0.481 e. The second-order valence-corrected chi connectivity index (χ2v) is 23.9. The Labute approximate surface area is 473 Å². The predicted molar refractivity (Wildman–Crippen MR) is 304 cm³/mol. The first-order chi connectivity index (χ1) is 38.4. The van der Waals surface area contributed by atoms with E-state index in [0.29, 0.717) is 56.1 Å². The number of carboxylic acids is 1. The van der Waals surface area contributed by atoms with Crippen molar-refractivity contribution in [2.45, 2.75) is 117 Å². The van der Waals surface area contributed by atoms with Gasteiger partial charge in [0.1, 0.15) is 23.8 Å². The summed E-state index contributed by atoms with van der Waals surface area (Å²) in [5, 5.41) is 12.6. The summed E-state index contributed by atoms with van der Waals surface area (Å²) in [4.78, 5) is 57.0. The number of pyridine rings is 2. The van der Waals surface area contributed by atoms with E-state index in [1.54, 1.807) is 58.3 Å². The molecule has 4 aliphatic carbocycles. The standard InChI is InChI=1S/C27H30FNO2.C17H25NO6.C16H19FNO3P.B3/c1-16-6-10-23-20(12-16)14-25-26(17(2)31-27(25)30)24(23)11-9-22-8-7-19(15-29-22)18-4-3-5-21(28)13-18;1-3-23-17(22)18-10-4-5-11-9(6-10)7-12-13(14(11)15(19)20)8(2)24-16(12)21;1-3-20-22(19,21-4-2)12-16-9-8-14(11-18-16)13-6-5-7-15(17)10-13;1-3-2/h3-5,7-9,11,13,15-17,20,23-26H,6,10,12,14H2,1-2H3;8-14H,3-7H2,1-2H3,(H,18,22)(H,19,20);5-11H,3-4,12H2,1-2H3;/b11-9+;;;/t16-,17-,20+,23-,24+,25-,26+;8-,9+,10-,11-,12-,13-,14+;;/m11../s1. The summed E-state index contributed by atoms with van der Waals surface area (Å²) in [7, 11) is 6.84. The Morgan fingerprint density at radius 1 is 0.738 bits per heavy atom. The fourth-order valence-corrected chi connectivity index (χ4v) is 15.2. The number of nitrogens with zero attached hydrogens (tertiary/aromatic N) is 2. The first-order valence-electron chi connectivity index (χ1n) is 28.2. The molecule has 14 nitrogen and oxygen atoms in total. The second kappa shape index (κ2) is 28.9. The summed E-state index contributed by atoms with van der Waals surface area (Å²) in [5.41, 5.74) is 4.78. The third-order valence-electron chi connectivity index (χ3n) is 16.8. The number of carboxylic acid groups (broad SMARTS) is 1. The van der Waals surface area contributed by atoms with Crippen molar-refractivity contribution in [2.24, 2.45) is 65.1 Å². The number of benzene rings is 2. The number of ether oxygens (including phenoxy) is 3. The van der Waals surface area contributed by atoms with Crippen molar-refractivity contribution in [3.05, 3.63) is 114 Å². The second-order valence-electron chi connectivity index (χ2n) is 21.9. The van der Waals surface area contributed by atoms with Crippen molar-refractivity contribution < 1.29 is 60.9 Å². The summed E-state index contributed by atoms with van der Waals surface area (Å²) >= 11 is 0. The monoisotopic (exact) mass is 1110 g/mol. The number of alkyl carbamates (subject to hydrolysis) is 1. The van der Waals surface area contributed by atoms with E-state index in [4.69, 9.17) is 23.3 Å². The molecule has 6 fully saturated rings. The molecule has 14 atom stereocenters. The van der Waals surface area contributed by atoms with E-state index < -0.39 is 25.6 Å². The number of nitrogens with one attached hydrogen (secondary N) is 1. The van der Waals surface area contributed by atoms with E-state index in [2.05, 4.69) is 56.8 Å². The number of carbonyl (C=O) groups excluding carboxylic acids is 3. The van der Waals surface area contributed by atoms with Crippen LogP contribution in [0.4, 0.5) is 13.6 Å². The van der Waals surface area contributed by atoms with Crippen molar-refractivity contribution >= 4 is 60.2 Å². The predicted octanol–water partition coefficient (Wildman–Crippen LogP) is 11.5. The lowest BCUT2D eigenvalue weighted by Gasteiger charge is -2.47. The van der Waals surface area contributed by atoms with E-state index in [9.17, 15) is 37.6 Å². The van der Waals surface area contributed by atoms with Crippen molar-refractivity contribution in [1.82, 2.24) is 15.3 Å². The molecule has 2 aromatic carbocycles. The van der Waals surface area contributed by atoms with Gasteiger partial charge in [0.25, 0.3) is 0 Å². The van der Waals surface area contributed by atoms with Crippen molar-refractivity contribution in [3.8, 4) is 22.3 Å². The molecule has 6 aliphatic rings. The van der Waals surface area contributed by atoms with Gasteiger partial charge >= 0.3 is 31.6 Å². The summed E-state index contributed by atoms with van der Waals surface area (Å²) in [6, 6.07) is 20.4. The van der Waals surface area contributed by atoms with E-state index in [1.807, 2.05) is 30.3 Å². The third kappa shape index (κ3) is 15.7. The maximum Gasteiger partial charge on any atom is 0.407 e. The van der Waals surface area contributed by atoms with Crippen LogP contribution in [0.5, 0.6) is 0 Å². The summed E-state index contributed by atoms with van der Waals surface area (Å²) < 4.78 is 65.6. The molecule has 10 rings (SSSR count). The molecule has 2 aromatic heterocycles.